The van der Waals surface area contributed by atoms with Gasteiger partial charge in [-0.25, -0.2) is 4.79 Å². The summed E-state index contributed by atoms with van der Waals surface area (Å²) in [5.41, 5.74) is -0.224. The van der Waals surface area contributed by atoms with Gasteiger partial charge in [0.1, 0.15) is 17.0 Å². The summed E-state index contributed by atoms with van der Waals surface area (Å²) >= 11 is 6.85. The van der Waals surface area contributed by atoms with Gasteiger partial charge in [0.15, 0.2) is 4.77 Å². The Kier molecular flexibility index (Phi) is 5.20. The molecule has 2 heterocycles. The van der Waals surface area contributed by atoms with Gasteiger partial charge >= 0.3 is 5.97 Å². The van der Waals surface area contributed by atoms with E-state index in [9.17, 15) is 9.59 Å². The van der Waals surface area contributed by atoms with Crippen molar-refractivity contribution in [1.82, 2.24) is 9.55 Å². The normalized spacial score (nSPS) is 17.1. The molecular weight excluding hydrogens is 344 g/mol. The van der Waals surface area contributed by atoms with E-state index in [4.69, 9.17) is 17.0 Å². The summed E-state index contributed by atoms with van der Waals surface area (Å²) in [5.74, 6) is -0.381. The zero-order chi connectivity index (χ0) is 17.3. The van der Waals surface area contributed by atoms with Crippen LogP contribution in [-0.4, -0.2) is 21.6 Å². The van der Waals surface area contributed by atoms with E-state index in [0.29, 0.717) is 5.39 Å². The van der Waals surface area contributed by atoms with Crippen molar-refractivity contribution in [3.8, 4) is 0 Å². The minimum absolute atomic E-state index is 0.0291. The molecule has 1 atom stereocenters. The molecule has 24 heavy (non-hydrogen) atoms. The molecule has 130 valence electrons. The quantitative estimate of drug-likeness (QED) is 0.653. The number of carbonyl (C=O) groups excluding carboxylic acids is 1. The van der Waals surface area contributed by atoms with Crippen LogP contribution in [0.2, 0.25) is 0 Å². The summed E-state index contributed by atoms with van der Waals surface area (Å²) in [5, 5.41) is 0.586. The smallest absolute Gasteiger partial charge is 0.329 e. The van der Waals surface area contributed by atoms with Crippen molar-refractivity contribution >= 4 is 39.7 Å². The minimum Gasteiger partial charge on any atom is -0.461 e. The van der Waals surface area contributed by atoms with Gasteiger partial charge in [0.25, 0.3) is 5.56 Å². The van der Waals surface area contributed by atoms with Crippen molar-refractivity contribution in [3.63, 3.8) is 0 Å². The highest BCUT2D eigenvalue weighted by atomic mass is 32.1. The van der Waals surface area contributed by atoms with Gasteiger partial charge < -0.3 is 9.72 Å². The van der Waals surface area contributed by atoms with E-state index in [-0.39, 0.29) is 22.4 Å². The molecule has 0 spiro atoms. The number of fused-ring (bicyclic) bond motifs is 1. The highest BCUT2D eigenvalue weighted by Gasteiger charge is 2.25. The number of nitrogens with one attached hydrogen (secondary N) is 1. The van der Waals surface area contributed by atoms with Crippen LogP contribution in [0.5, 0.6) is 0 Å². The van der Waals surface area contributed by atoms with Crippen LogP contribution in [0, 0.1) is 4.77 Å². The lowest BCUT2D eigenvalue weighted by Crippen LogP contribution is -2.32. The molecule has 1 aliphatic carbocycles. The summed E-state index contributed by atoms with van der Waals surface area (Å²) in [6.07, 6.45) is 6.02. The standard InChI is InChI=1S/C17H22N2O3S2/c1-3-12-9-13-14(24-12)18-17(23)19(15(13)20)10(2)16(21)22-11-7-5-4-6-8-11/h9-11H,3-8H2,1-2H3,(H,18,23). The van der Waals surface area contributed by atoms with Crippen molar-refractivity contribution in [2.24, 2.45) is 0 Å². The number of aromatic amines is 1. The molecule has 0 aromatic carbocycles. The molecule has 2 aromatic rings. The van der Waals surface area contributed by atoms with E-state index in [0.717, 1.165) is 41.8 Å². The summed E-state index contributed by atoms with van der Waals surface area (Å²) in [7, 11) is 0. The predicted molar refractivity (Wildman–Crippen MR) is 98.3 cm³/mol. The Labute approximate surface area is 149 Å². The molecule has 1 aliphatic rings. The van der Waals surface area contributed by atoms with Gasteiger partial charge in [0, 0.05) is 4.88 Å². The first-order valence-electron chi connectivity index (χ1n) is 8.49. The van der Waals surface area contributed by atoms with E-state index in [1.165, 1.54) is 22.3 Å². The van der Waals surface area contributed by atoms with Crippen LogP contribution < -0.4 is 5.56 Å². The molecule has 1 N–H and O–H groups in total. The van der Waals surface area contributed by atoms with Gasteiger partial charge in [-0.2, -0.15) is 0 Å². The molecule has 0 radical (unpaired) electrons. The molecule has 3 rings (SSSR count). The third kappa shape index (κ3) is 3.32. The van der Waals surface area contributed by atoms with Crippen molar-refractivity contribution in [3.05, 3.63) is 26.1 Å². The summed E-state index contributed by atoms with van der Waals surface area (Å²) in [4.78, 5) is 30.2. The topological polar surface area (TPSA) is 64.1 Å². The van der Waals surface area contributed by atoms with Crippen molar-refractivity contribution in [1.29, 1.82) is 0 Å². The number of hydrogen-bond acceptors (Lipinski definition) is 5. The van der Waals surface area contributed by atoms with Gasteiger partial charge in [0.05, 0.1) is 5.39 Å². The highest BCUT2D eigenvalue weighted by Crippen LogP contribution is 2.24. The number of aromatic nitrogens is 2. The van der Waals surface area contributed by atoms with Crippen molar-refractivity contribution < 1.29 is 9.53 Å². The number of ether oxygens (including phenoxy) is 1. The third-order valence-corrected chi connectivity index (χ3v) is 6.08. The molecular formula is C17H22N2O3S2. The Morgan fingerprint density at radius 3 is 2.83 bits per heavy atom. The first-order chi connectivity index (χ1) is 11.5. The van der Waals surface area contributed by atoms with E-state index < -0.39 is 6.04 Å². The van der Waals surface area contributed by atoms with Gasteiger partial charge in [-0.3, -0.25) is 9.36 Å². The lowest BCUT2D eigenvalue weighted by atomic mass is 9.98. The maximum Gasteiger partial charge on any atom is 0.329 e. The molecule has 7 heteroatoms. The van der Waals surface area contributed by atoms with Gasteiger partial charge in [-0.15, -0.1) is 11.3 Å². The summed E-state index contributed by atoms with van der Waals surface area (Å²) in [6.45, 7) is 3.72. The number of nitrogens with zero attached hydrogens (tertiary/aromatic N) is 1. The second-order valence-corrected chi connectivity index (χ2v) is 7.81. The Hall–Kier alpha value is -1.47. The average Bonchev–Trinajstić information content (AvgIpc) is 2.99. The van der Waals surface area contributed by atoms with E-state index in [1.807, 2.05) is 13.0 Å². The van der Waals surface area contributed by atoms with Crippen molar-refractivity contribution in [2.45, 2.75) is 64.5 Å². The van der Waals surface area contributed by atoms with E-state index >= 15 is 0 Å². The maximum atomic E-state index is 12.8. The molecule has 1 saturated carbocycles. The summed E-state index contributed by atoms with van der Waals surface area (Å²) in [6, 6.07) is 1.15. The van der Waals surface area contributed by atoms with Gasteiger partial charge in [0.2, 0.25) is 0 Å². The molecule has 5 nitrogen and oxygen atoms in total. The molecule has 1 unspecified atom stereocenters. The predicted octanol–water partition coefficient (Wildman–Crippen LogP) is 4.12. The molecule has 0 amide bonds. The Balaban J connectivity index is 1.91. The second-order valence-electron chi connectivity index (χ2n) is 6.29. The van der Waals surface area contributed by atoms with Crippen LogP contribution in [0.3, 0.4) is 0 Å². The monoisotopic (exact) mass is 366 g/mol. The third-order valence-electron chi connectivity index (χ3n) is 4.58. The van der Waals surface area contributed by atoms with Crippen LogP contribution in [0.1, 0.15) is 56.9 Å². The number of rotatable bonds is 4. The van der Waals surface area contributed by atoms with Gasteiger partial charge in [-0.05, 0) is 57.3 Å². The number of H-pyrrole nitrogens is 1. The molecule has 1 fully saturated rings. The maximum absolute atomic E-state index is 12.8. The number of esters is 1. The largest absolute Gasteiger partial charge is 0.461 e. The fraction of sp³-hybridized carbons (Fsp3) is 0.588. The average molecular weight is 367 g/mol. The fourth-order valence-corrected chi connectivity index (χ4v) is 4.55. The second kappa shape index (κ2) is 7.19. The zero-order valence-electron chi connectivity index (χ0n) is 14.0. The van der Waals surface area contributed by atoms with Crippen LogP contribution >= 0.6 is 23.6 Å². The zero-order valence-corrected chi connectivity index (χ0v) is 15.6. The van der Waals surface area contributed by atoms with Crippen LogP contribution in [0.25, 0.3) is 10.2 Å². The summed E-state index contributed by atoms with van der Waals surface area (Å²) < 4.78 is 7.21. The Morgan fingerprint density at radius 1 is 1.46 bits per heavy atom. The number of aryl methyl sites for hydroxylation is 1. The molecule has 0 bridgehead atoms. The Bertz CT molecular complexity index is 859. The highest BCUT2D eigenvalue weighted by molar-refractivity contribution is 7.71. The van der Waals surface area contributed by atoms with Crippen molar-refractivity contribution in [2.75, 3.05) is 0 Å². The SMILES string of the molecule is CCc1cc2c(=O)n(C(C)C(=O)OC3CCCCC3)c(=S)[nH]c2s1. The molecule has 0 aliphatic heterocycles. The molecule has 2 aromatic heterocycles. The Morgan fingerprint density at radius 2 is 2.17 bits per heavy atom. The van der Waals surface area contributed by atoms with Crippen LogP contribution in [0.4, 0.5) is 0 Å². The van der Waals surface area contributed by atoms with Crippen LogP contribution in [0.15, 0.2) is 10.9 Å². The number of thiophene rings is 1. The lowest BCUT2D eigenvalue weighted by molar-refractivity contribution is -0.154. The number of hydrogen-bond donors (Lipinski definition) is 1. The fourth-order valence-electron chi connectivity index (χ4n) is 3.15. The van der Waals surface area contributed by atoms with E-state index in [1.54, 1.807) is 6.92 Å². The number of carbonyl (C=O) groups is 1. The van der Waals surface area contributed by atoms with Gasteiger partial charge in [-0.1, -0.05) is 13.3 Å². The first-order valence-corrected chi connectivity index (χ1v) is 9.71. The van der Waals surface area contributed by atoms with Crippen LogP contribution in [-0.2, 0) is 16.0 Å². The molecule has 0 saturated heterocycles. The van der Waals surface area contributed by atoms with E-state index in [2.05, 4.69) is 4.98 Å². The lowest BCUT2D eigenvalue weighted by Gasteiger charge is -2.24. The minimum atomic E-state index is -0.724. The first kappa shape index (κ1) is 17.4.